The molecule has 2 N–H and O–H groups in total. The number of aromatic nitrogens is 2. The molecule has 3 nitrogen and oxygen atoms in total. The van der Waals surface area contributed by atoms with E-state index in [1.165, 1.54) is 4.88 Å². The van der Waals surface area contributed by atoms with Crippen LogP contribution in [0.3, 0.4) is 0 Å². The Hall–Kier alpha value is -1.03. The molecule has 0 saturated heterocycles. The van der Waals surface area contributed by atoms with E-state index >= 15 is 0 Å². The molecule has 0 saturated carbocycles. The van der Waals surface area contributed by atoms with E-state index in [9.17, 15) is 0 Å². The lowest BCUT2D eigenvalue weighted by Crippen LogP contribution is -1.83. The highest BCUT2D eigenvalue weighted by Gasteiger charge is 2.06. The van der Waals surface area contributed by atoms with Crippen molar-refractivity contribution in [1.29, 1.82) is 0 Å². The summed E-state index contributed by atoms with van der Waals surface area (Å²) in [5.74, 6) is 0. The Bertz CT molecular complexity index is 399. The van der Waals surface area contributed by atoms with E-state index < -0.39 is 0 Å². The predicted octanol–water partition coefficient (Wildman–Crippen LogP) is 1.59. The molecule has 0 spiro atoms. The second-order valence-electron chi connectivity index (χ2n) is 2.59. The number of hydrogen-bond acceptors (Lipinski definition) is 3. The standard InChI is InChI=1S/C7H9N3S/c1-4-3-10-7(11-4)6(8)5(2)9-10/h3H,8H2,1-2H3. The molecule has 0 unspecified atom stereocenters. The van der Waals surface area contributed by atoms with Crippen molar-refractivity contribution in [3.8, 4) is 0 Å². The Balaban J connectivity index is 2.88. The van der Waals surface area contributed by atoms with Crippen molar-refractivity contribution in [3.63, 3.8) is 0 Å². The van der Waals surface area contributed by atoms with Crippen LogP contribution in [0.25, 0.3) is 4.83 Å². The van der Waals surface area contributed by atoms with Gasteiger partial charge in [-0.25, -0.2) is 4.52 Å². The minimum Gasteiger partial charge on any atom is -0.395 e. The van der Waals surface area contributed by atoms with Gasteiger partial charge in [0.15, 0.2) is 0 Å². The van der Waals surface area contributed by atoms with Crippen molar-refractivity contribution in [3.05, 3.63) is 16.8 Å². The molecule has 0 bridgehead atoms. The number of rotatable bonds is 0. The fourth-order valence-electron chi connectivity index (χ4n) is 1.08. The van der Waals surface area contributed by atoms with Crippen LogP contribution in [0.2, 0.25) is 0 Å². The number of nitrogens with zero attached hydrogens (tertiary/aromatic N) is 2. The van der Waals surface area contributed by atoms with Crippen molar-refractivity contribution in [1.82, 2.24) is 9.61 Å². The molecule has 0 aromatic carbocycles. The van der Waals surface area contributed by atoms with Gasteiger partial charge in [-0.15, -0.1) is 11.3 Å². The molecule has 11 heavy (non-hydrogen) atoms. The average Bonchev–Trinajstić information content (AvgIpc) is 2.37. The number of hydrogen-bond donors (Lipinski definition) is 1. The van der Waals surface area contributed by atoms with Gasteiger partial charge in [0, 0.05) is 11.1 Å². The van der Waals surface area contributed by atoms with E-state index in [0.29, 0.717) is 0 Å². The first-order valence-corrected chi connectivity index (χ1v) is 4.21. The highest BCUT2D eigenvalue weighted by atomic mass is 32.1. The molecule has 2 aromatic heterocycles. The number of thiazole rings is 1. The van der Waals surface area contributed by atoms with Gasteiger partial charge >= 0.3 is 0 Å². The van der Waals surface area contributed by atoms with Crippen LogP contribution in [-0.4, -0.2) is 9.61 Å². The van der Waals surface area contributed by atoms with Crippen LogP contribution < -0.4 is 5.73 Å². The van der Waals surface area contributed by atoms with Gasteiger partial charge < -0.3 is 5.73 Å². The van der Waals surface area contributed by atoms with Gasteiger partial charge in [-0.3, -0.25) is 0 Å². The molecule has 0 amide bonds. The van der Waals surface area contributed by atoms with Crippen LogP contribution in [0.15, 0.2) is 6.20 Å². The summed E-state index contributed by atoms with van der Waals surface area (Å²) in [6.45, 7) is 3.97. The van der Waals surface area contributed by atoms with E-state index in [1.54, 1.807) is 11.3 Å². The molecule has 2 heterocycles. The Kier molecular flexibility index (Phi) is 1.20. The van der Waals surface area contributed by atoms with Crippen LogP contribution >= 0.6 is 11.3 Å². The zero-order chi connectivity index (χ0) is 8.01. The molecule has 2 aromatic rings. The van der Waals surface area contributed by atoms with Crippen molar-refractivity contribution < 1.29 is 0 Å². The lowest BCUT2D eigenvalue weighted by atomic mass is 10.4. The fraction of sp³-hybridized carbons (Fsp3) is 0.286. The van der Waals surface area contributed by atoms with Gasteiger partial charge in [0.2, 0.25) is 0 Å². The molecular formula is C7H9N3S. The number of anilines is 1. The zero-order valence-electron chi connectivity index (χ0n) is 6.46. The Morgan fingerprint density at radius 2 is 2.27 bits per heavy atom. The first kappa shape index (κ1) is 6.67. The summed E-state index contributed by atoms with van der Waals surface area (Å²) in [4.78, 5) is 2.29. The molecule has 0 fully saturated rings. The first-order valence-electron chi connectivity index (χ1n) is 3.39. The molecule has 4 heteroatoms. The Morgan fingerprint density at radius 3 is 2.91 bits per heavy atom. The molecular weight excluding hydrogens is 158 g/mol. The number of aryl methyl sites for hydroxylation is 2. The Labute approximate surface area is 68.4 Å². The minimum absolute atomic E-state index is 0.808. The number of nitrogen functional groups attached to an aromatic ring is 1. The maximum Gasteiger partial charge on any atom is 0.142 e. The van der Waals surface area contributed by atoms with E-state index in [4.69, 9.17) is 5.73 Å². The third-order valence-electron chi connectivity index (χ3n) is 1.65. The number of nitrogens with two attached hydrogens (primary N) is 1. The normalized spacial score (nSPS) is 11.1. The van der Waals surface area contributed by atoms with Crippen molar-refractivity contribution >= 4 is 21.9 Å². The van der Waals surface area contributed by atoms with Crippen LogP contribution in [0.4, 0.5) is 5.69 Å². The van der Waals surface area contributed by atoms with E-state index in [2.05, 4.69) is 5.10 Å². The monoisotopic (exact) mass is 167 g/mol. The third-order valence-corrected chi connectivity index (χ3v) is 2.68. The zero-order valence-corrected chi connectivity index (χ0v) is 7.27. The van der Waals surface area contributed by atoms with Crippen molar-refractivity contribution in [2.24, 2.45) is 0 Å². The topological polar surface area (TPSA) is 43.3 Å². The summed E-state index contributed by atoms with van der Waals surface area (Å²) in [6, 6.07) is 0. The summed E-state index contributed by atoms with van der Waals surface area (Å²) >= 11 is 1.68. The number of fused-ring (bicyclic) bond motifs is 1. The largest absolute Gasteiger partial charge is 0.395 e. The molecule has 58 valence electrons. The van der Waals surface area contributed by atoms with E-state index in [1.807, 2.05) is 24.6 Å². The van der Waals surface area contributed by atoms with Crippen molar-refractivity contribution in [2.75, 3.05) is 5.73 Å². The van der Waals surface area contributed by atoms with Crippen LogP contribution in [0, 0.1) is 13.8 Å². The fourth-order valence-corrected chi connectivity index (χ4v) is 1.98. The quantitative estimate of drug-likeness (QED) is 0.647. The van der Waals surface area contributed by atoms with Crippen LogP contribution in [-0.2, 0) is 0 Å². The SMILES string of the molecule is Cc1cn2nc(C)c(N)c2s1. The molecule has 2 rings (SSSR count). The second kappa shape index (κ2) is 1.98. The van der Waals surface area contributed by atoms with Gasteiger partial charge in [0.1, 0.15) is 4.83 Å². The minimum atomic E-state index is 0.808. The highest BCUT2D eigenvalue weighted by molar-refractivity contribution is 7.18. The molecule has 0 aliphatic rings. The van der Waals surface area contributed by atoms with E-state index in [-0.39, 0.29) is 0 Å². The van der Waals surface area contributed by atoms with Crippen LogP contribution in [0.5, 0.6) is 0 Å². The van der Waals surface area contributed by atoms with Gasteiger partial charge in [0.05, 0.1) is 11.4 Å². The smallest absolute Gasteiger partial charge is 0.142 e. The maximum absolute atomic E-state index is 5.78. The lowest BCUT2D eigenvalue weighted by molar-refractivity contribution is 0.943. The average molecular weight is 167 g/mol. The van der Waals surface area contributed by atoms with E-state index in [0.717, 1.165) is 16.2 Å². The maximum atomic E-state index is 5.78. The summed E-state index contributed by atoms with van der Waals surface area (Å²) in [6.07, 6.45) is 1.99. The molecule has 0 radical (unpaired) electrons. The summed E-state index contributed by atoms with van der Waals surface area (Å²) in [5, 5.41) is 4.24. The molecule has 0 aliphatic heterocycles. The molecule has 0 atom stereocenters. The summed E-state index contributed by atoms with van der Waals surface area (Å²) in [7, 11) is 0. The predicted molar refractivity (Wildman–Crippen MR) is 47.0 cm³/mol. The van der Waals surface area contributed by atoms with Crippen LogP contribution in [0.1, 0.15) is 10.6 Å². The summed E-state index contributed by atoms with van der Waals surface area (Å²) in [5.41, 5.74) is 7.50. The van der Waals surface area contributed by atoms with Gasteiger partial charge in [-0.2, -0.15) is 5.10 Å². The van der Waals surface area contributed by atoms with Gasteiger partial charge in [0.25, 0.3) is 0 Å². The van der Waals surface area contributed by atoms with Gasteiger partial charge in [-0.1, -0.05) is 0 Å². The van der Waals surface area contributed by atoms with Gasteiger partial charge in [-0.05, 0) is 13.8 Å². The van der Waals surface area contributed by atoms with Crippen molar-refractivity contribution in [2.45, 2.75) is 13.8 Å². The summed E-state index contributed by atoms with van der Waals surface area (Å²) < 4.78 is 1.84. The highest BCUT2D eigenvalue weighted by Crippen LogP contribution is 2.24. The molecule has 0 aliphatic carbocycles. The lowest BCUT2D eigenvalue weighted by Gasteiger charge is -1.82. The Morgan fingerprint density at radius 1 is 1.55 bits per heavy atom. The second-order valence-corrected chi connectivity index (χ2v) is 3.83. The first-order chi connectivity index (χ1) is 5.18. The third kappa shape index (κ3) is 0.826.